The summed E-state index contributed by atoms with van der Waals surface area (Å²) in [6.45, 7) is 8.67. The van der Waals surface area contributed by atoms with Gasteiger partial charge < -0.3 is 15.5 Å². The zero-order valence-electron chi connectivity index (χ0n) is 12.4. The van der Waals surface area contributed by atoms with Crippen LogP contribution in [0.5, 0.6) is 0 Å². The van der Waals surface area contributed by atoms with Crippen LogP contribution in [0.4, 0.5) is 17.8 Å². The predicted molar refractivity (Wildman–Crippen MR) is 80.8 cm³/mol. The van der Waals surface area contributed by atoms with Gasteiger partial charge in [0.05, 0.1) is 0 Å². The number of nitrogen functional groups attached to an aromatic ring is 1. The molecular formula is C14H24N6. The van der Waals surface area contributed by atoms with Gasteiger partial charge in [0.25, 0.3) is 0 Å². The van der Waals surface area contributed by atoms with E-state index in [0.29, 0.717) is 11.9 Å². The van der Waals surface area contributed by atoms with Crippen LogP contribution in [0.25, 0.3) is 0 Å². The van der Waals surface area contributed by atoms with Gasteiger partial charge in [0, 0.05) is 26.2 Å². The molecule has 2 unspecified atom stereocenters. The first kappa shape index (κ1) is 13.4. The Morgan fingerprint density at radius 1 is 0.900 bits per heavy atom. The minimum absolute atomic E-state index is 0.336. The first-order chi connectivity index (χ1) is 9.63. The number of piperidine rings is 1. The SMILES string of the molecule is CC1CCN(c2nc(N)nc(N3CCCC3)n2)CC1C. The molecule has 0 aliphatic carbocycles. The molecule has 2 aliphatic heterocycles. The number of nitrogens with two attached hydrogens (primary N) is 1. The van der Waals surface area contributed by atoms with E-state index in [1.54, 1.807) is 0 Å². The van der Waals surface area contributed by atoms with Crippen molar-refractivity contribution in [3.05, 3.63) is 0 Å². The third kappa shape index (κ3) is 2.64. The molecule has 0 aromatic carbocycles. The molecule has 110 valence electrons. The fourth-order valence-electron chi connectivity index (χ4n) is 3.01. The Labute approximate surface area is 120 Å². The van der Waals surface area contributed by atoms with E-state index >= 15 is 0 Å². The molecule has 0 amide bonds. The Balaban J connectivity index is 1.82. The van der Waals surface area contributed by atoms with Gasteiger partial charge in [0.15, 0.2) is 0 Å². The van der Waals surface area contributed by atoms with Gasteiger partial charge in [-0.25, -0.2) is 0 Å². The fraction of sp³-hybridized carbons (Fsp3) is 0.786. The largest absolute Gasteiger partial charge is 0.368 e. The summed E-state index contributed by atoms with van der Waals surface area (Å²) in [4.78, 5) is 17.7. The second-order valence-electron chi connectivity index (χ2n) is 6.18. The van der Waals surface area contributed by atoms with Crippen LogP contribution in [0, 0.1) is 11.8 Å². The minimum atomic E-state index is 0.336. The van der Waals surface area contributed by atoms with E-state index in [-0.39, 0.29) is 0 Å². The molecule has 1 aromatic heterocycles. The maximum Gasteiger partial charge on any atom is 0.231 e. The first-order valence-electron chi connectivity index (χ1n) is 7.65. The topological polar surface area (TPSA) is 71.2 Å². The van der Waals surface area contributed by atoms with E-state index in [9.17, 15) is 0 Å². The lowest BCUT2D eigenvalue weighted by Gasteiger charge is -2.35. The second kappa shape index (κ2) is 5.42. The number of anilines is 3. The molecule has 2 aliphatic rings. The average molecular weight is 276 g/mol. The number of rotatable bonds is 2. The summed E-state index contributed by atoms with van der Waals surface area (Å²) in [5, 5.41) is 0. The Kier molecular flexibility index (Phi) is 3.63. The van der Waals surface area contributed by atoms with E-state index in [1.165, 1.54) is 19.3 Å². The zero-order valence-corrected chi connectivity index (χ0v) is 12.4. The molecule has 3 heterocycles. The van der Waals surface area contributed by atoms with Crippen molar-refractivity contribution in [2.75, 3.05) is 41.7 Å². The standard InChI is InChI=1S/C14H24N6/c1-10-5-8-20(9-11(10)2)14-17-12(15)16-13(18-14)19-6-3-4-7-19/h10-11H,3-9H2,1-2H3,(H2,15,16,17,18). The lowest BCUT2D eigenvalue weighted by Crippen LogP contribution is -2.39. The average Bonchev–Trinajstić information content (AvgIpc) is 2.95. The second-order valence-corrected chi connectivity index (χ2v) is 6.18. The third-order valence-corrected chi connectivity index (χ3v) is 4.63. The highest BCUT2D eigenvalue weighted by Gasteiger charge is 2.26. The Bertz CT molecular complexity index is 471. The molecule has 0 radical (unpaired) electrons. The lowest BCUT2D eigenvalue weighted by molar-refractivity contribution is 0.321. The maximum absolute atomic E-state index is 5.88. The molecule has 2 saturated heterocycles. The summed E-state index contributed by atoms with van der Waals surface area (Å²) in [5.41, 5.74) is 5.88. The lowest BCUT2D eigenvalue weighted by atomic mass is 9.89. The van der Waals surface area contributed by atoms with Crippen molar-refractivity contribution in [3.63, 3.8) is 0 Å². The summed E-state index contributed by atoms with van der Waals surface area (Å²) in [7, 11) is 0. The van der Waals surface area contributed by atoms with Crippen LogP contribution in [0.2, 0.25) is 0 Å². The zero-order chi connectivity index (χ0) is 14.1. The van der Waals surface area contributed by atoms with Crippen molar-refractivity contribution in [1.29, 1.82) is 0 Å². The van der Waals surface area contributed by atoms with E-state index in [1.807, 2.05) is 0 Å². The molecule has 6 heteroatoms. The Morgan fingerprint density at radius 2 is 1.55 bits per heavy atom. The van der Waals surface area contributed by atoms with Gasteiger partial charge in [0.2, 0.25) is 17.8 Å². The highest BCUT2D eigenvalue weighted by molar-refractivity contribution is 5.44. The minimum Gasteiger partial charge on any atom is -0.368 e. The highest BCUT2D eigenvalue weighted by atomic mass is 15.4. The molecule has 20 heavy (non-hydrogen) atoms. The van der Waals surface area contributed by atoms with Gasteiger partial charge in [-0.15, -0.1) is 0 Å². The third-order valence-electron chi connectivity index (χ3n) is 4.63. The quantitative estimate of drug-likeness (QED) is 0.883. The van der Waals surface area contributed by atoms with Crippen LogP contribution in [0.3, 0.4) is 0 Å². The van der Waals surface area contributed by atoms with E-state index in [0.717, 1.165) is 44.0 Å². The molecule has 6 nitrogen and oxygen atoms in total. The first-order valence-corrected chi connectivity index (χ1v) is 7.65. The van der Waals surface area contributed by atoms with Crippen LogP contribution in [0.1, 0.15) is 33.1 Å². The monoisotopic (exact) mass is 276 g/mol. The van der Waals surface area contributed by atoms with Gasteiger partial charge in [0.1, 0.15) is 0 Å². The number of hydrogen-bond donors (Lipinski definition) is 1. The highest BCUT2D eigenvalue weighted by Crippen LogP contribution is 2.26. The fourth-order valence-corrected chi connectivity index (χ4v) is 3.01. The van der Waals surface area contributed by atoms with Gasteiger partial charge in [-0.2, -0.15) is 15.0 Å². The smallest absolute Gasteiger partial charge is 0.231 e. The Hall–Kier alpha value is -1.59. The van der Waals surface area contributed by atoms with Gasteiger partial charge in [-0.1, -0.05) is 13.8 Å². The number of hydrogen-bond acceptors (Lipinski definition) is 6. The van der Waals surface area contributed by atoms with Crippen molar-refractivity contribution in [3.8, 4) is 0 Å². The van der Waals surface area contributed by atoms with Crippen molar-refractivity contribution in [2.24, 2.45) is 11.8 Å². The van der Waals surface area contributed by atoms with Crippen molar-refractivity contribution in [1.82, 2.24) is 15.0 Å². The maximum atomic E-state index is 5.88. The summed E-state index contributed by atoms with van der Waals surface area (Å²) in [6.07, 6.45) is 3.60. The van der Waals surface area contributed by atoms with Crippen molar-refractivity contribution >= 4 is 17.8 Å². The van der Waals surface area contributed by atoms with Crippen LogP contribution >= 0.6 is 0 Å². The normalized spacial score (nSPS) is 27.1. The van der Waals surface area contributed by atoms with E-state index in [4.69, 9.17) is 5.73 Å². The molecular weight excluding hydrogens is 252 g/mol. The van der Waals surface area contributed by atoms with Crippen molar-refractivity contribution in [2.45, 2.75) is 33.1 Å². The van der Waals surface area contributed by atoms with Crippen LogP contribution in [-0.4, -0.2) is 41.1 Å². The molecule has 2 N–H and O–H groups in total. The van der Waals surface area contributed by atoms with Crippen LogP contribution in [-0.2, 0) is 0 Å². The van der Waals surface area contributed by atoms with Crippen molar-refractivity contribution < 1.29 is 0 Å². The summed E-state index contributed by atoms with van der Waals surface area (Å²) in [5.74, 6) is 3.26. The molecule has 0 bridgehead atoms. The van der Waals surface area contributed by atoms with E-state index < -0.39 is 0 Å². The molecule has 2 atom stereocenters. The molecule has 1 aromatic rings. The van der Waals surface area contributed by atoms with Crippen LogP contribution in [0.15, 0.2) is 0 Å². The molecule has 0 spiro atoms. The van der Waals surface area contributed by atoms with Crippen LogP contribution < -0.4 is 15.5 Å². The summed E-state index contributed by atoms with van der Waals surface area (Å²) >= 11 is 0. The van der Waals surface area contributed by atoms with E-state index in [2.05, 4.69) is 38.6 Å². The van der Waals surface area contributed by atoms with Gasteiger partial charge in [-0.05, 0) is 31.1 Å². The Morgan fingerprint density at radius 3 is 2.20 bits per heavy atom. The number of aromatic nitrogens is 3. The summed E-state index contributed by atoms with van der Waals surface area (Å²) < 4.78 is 0. The molecule has 0 saturated carbocycles. The number of nitrogens with zero attached hydrogens (tertiary/aromatic N) is 5. The summed E-state index contributed by atoms with van der Waals surface area (Å²) in [6, 6.07) is 0. The van der Waals surface area contributed by atoms with Gasteiger partial charge in [-0.3, -0.25) is 0 Å². The predicted octanol–water partition coefficient (Wildman–Crippen LogP) is 1.54. The van der Waals surface area contributed by atoms with Gasteiger partial charge >= 0.3 is 0 Å². The molecule has 3 rings (SSSR count). The molecule has 2 fully saturated rings.